The zero-order valence-electron chi connectivity index (χ0n) is 10.6. The molecule has 1 aromatic heterocycles. The lowest BCUT2D eigenvalue weighted by Crippen LogP contribution is -2.02. The molecule has 0 radical (unpaired) electrons. The van der Waals surface area contributed by atoms with Crippen LogP contribution in [-0.4, -0.2) is 24.9 Å². The van der Waals surface area contributed by atoms with Crippen LogP contribution < -0.4 is 5.73 Å². The van der Waals surface area contributed by atoms with Gasteiger partial charge in [0.15, 0.2) is 9.84 Å². The molecule has 0 atom stereocenters. The summed E-state index contributed by atoms with van der Waals surface area (Å²) >= 11 is 0. The van der Waals surface area contributed by atoms with E-state index in [1.807, 2.05) is 13.8 Å². The smallest absolute Gasteiger partial charge is 0.177 e. The Kier molecular flexibility index (Phi) is 4.49. The van der Waals surface area contributed by atoms with Gasteiger partial charge in [0.25, 0.3) is 0 Å². The van der Waals surface area contributed by atoms with Gasteiger partial charge in [-0.1, -0.05) is 19.9 Å². The van der Waals surface area contributed by atoms with E-state index >= 15 is 0 Å². The molecule has 0 saturated carbocycles. The van der Waals surface area contributed by atoms with E-state index in [2.05, 4.69) is 10.2 Å². The highest BCUT2D eigenvalue weighted by Gasteiger charge is 2.13. The molecule has 0 bridgehead atoms. The topological polar surface area (TPSA) is 88.8 Å². The van der Waals surface area contributed by atoms with Crippen molar-refractivity contribution < 1.29 is 8.42 Å². The molecule has 0 fully saturated rings. The minimum atomic E-state index is -3.31. The van der Waals surface area contributed by atoms with Crippen LogP contribution in [-0.2, 0) is 9.84 Å². The molecule has 0 aliphatic carbocycles. The average molecular weight is 267 g/mol. The standard InChI is InChI=1S/C10H11N3O2S.C2H6/c1-16(14,15)10-6-7(2-3-8(10)11)9-4-5-12-13-9;1-2/h2-6H,11H2,1H3,(H,12,13);1-2H3. The third-order valence-electron chi connectivity index (χ3n) is 2.22. The number of rotatable bonds is 2. The number of nitrogens with one attached hydrogen (secondary N) is 1. The second-order valence-corrected chi connectivity index (χ2v) is 5.48. The van der Waals surface area contributed by atoms with Crippen molar-refractivity contribution in [3.05, 3.63) is 30.5 Å². The van der Waals surface area contributed by atoms with Crippen LogP contribution in [0.2, 0.25) is 0 Å². The largest absolute Gasteiger partial charge is 0.398 e. The van der Waals surface area contributed by atoms with E-state index in [9.17, 15) is 8.42 Å². The number of nitrogen functional groups attached to an aromatic ring is 1. The molecular formula is C12H17N3O2S. The van der Waals surface area contributed by atoms with Gasteiger partial charge in [0.05, 0.1) is 16.3 Å². The number of H-pyrrole nitrogens is 1. The van der Waals surface area contributed by atoms with Gasteiger partial charge in [-0.2, -0.15) is 5.10 Å². The number of sulfone groups is 1. The molecular weight excluding hydrogens is 250 g/mol. The van der Waals surface area contributed by atoms with Crippen LogP contribution in [0, 0.1) is 0 Å². The van der Waals surface area contributed by atoms with Crippen molar-refractivity contribution >= 4 is 15.5 Å². The fraction of sp³-hybridized carbons (Fsp3) is 0.250. The van der Waals surface area contributed by atoms with Crippen molar-refractivity contribution in [2.24, 2.45) is 0 Å². The summed E-state index contributed by atoms with van der Waals surface area (Å²) in [6, 6.07) is 6.62. The monoisotopic (exact) mass is 267 g/mol. The maximum Gasteiger partial charge on any atom is 0.177 e. The summed E-state index contributed by atoms with van der Waals surface area (Å²) in [5.41, 5.74) is 7.38. The summed E-state index contributed by atoms with van der Waals surface area (Å²) in [6.07, 6.45) is 2.74. The predicted octanol–water partition coefficient (Wildman–Crippen LogP) is 2.09. The van der Waals surface area contributed by atoms with Gasteiger partial charge < -0.3 is 5.73 Å². The minimum absolute atomic E-state index is 0.139. The van der Waals surface area contributed by atoms with E-state index in [4.69, 9.17) is 5.73 Å². The first kappa shape index (κ1) is 14.2. The summed E-state index contributed by atoms with van der Waals surface area (Å²) < 4.78 is 22.9. The Morgan fingerprint density at radius 1 is 1.22 bits per heavy atom. The second-order valence-electron chi connectivity index (χ2n) is 3.50. The van der Waals surface area contributed by atoms with Gasteiger partial charge in [-0.15, -0.1) is 0 Å². The van der Waals surface area contributed by atoms with Gasteiger partial charge >= 0.3 is 0 Å². The Bertz CT molecular complexity index is 604. The fourth-order valence-corrected chi connectivity index (χ4v) is 2.28. The molecule has 0 unspecified atom stereocenters. The molecule has 0 amide bonds. The Hall–Kier alpha value is -1.82. The van der Waals surface area contributed by atoms with Crippen LogP contribution in [0.25, 0.3) is 11.3 Å². The highest BCUT2D eigenvalue weighted by molar-refractivity contribution is 7.90. The van der Waals surface area contributed by atoms with Crippen molar-refractivity contribution in [3.63, 3.8) is 0 Å². The van der Waals surface area contributed by atoms with Crippen molar-refractivity contribution in [1.29, 1.82) is 0 Å². The fourth-order valence-electron chi connectivity index (χ4n) is 1.44. The van der Waals surface area contributed by atoms with Crippen LogP contribution >= 0.6 is 0 Å². The molecule has 98 valence electrons. The van der Waals surface area contributed by atoms with Crippen LogP contribution in [0.5, 0.6) is 0 Å². The molecule has 2 rings (SSSR count). The lowest BCUT2D eigenvalue weighted by atomic mass is 10.1. The number of aromatic nitrogens is 2. The van der Waals surface area contributed by atoms with Crippen molar-refractivity contribution in [2.75, 3.05) is 12.0 Å². The van der Waals surface area contributed by atoms with Crippen molar-refractivity contribution in [3.8, 4) is 11.3 Å². The Balaban J connectivity index is 0.000000771. The minimum Gasteiger partial charge on any atom is -0.398 e. The number of benzene rings is 1. The van der Waals surface area contributed by atoms with E-state index in [1.165, 1.54) is 6.07 Å². The molecule has 0 aliphatic rings. The molecule has 0 saturated heterocycles. The van der Waals surface area contributed by atoms with Gasteiger partial charge in [-0.05, 0) is 18.2 Å². The van der Waals surface area contributed by atoms with Crippen LogP contribution in [0.3, 0.4) is 0 Å². The van der Waals surface area contributed by atoms with E-state index in [1.54, 1.807) is 24.4 Å². The highest BCUT2D eigenvalue weighted by atomic mass is 32.2. The third-order valence-corrected chi connectivity index (χ3v) is 3.38. The summed E-state index contributed by atoms with van der Waals surface area (Å²) in [7, 11) is -3.31. The molecule has 1 heterocycles. The summed E-state index contributed by atoms with van der Waals surface area (Å²) in [5, 5.41) is 6.57. The molecule has 18 heavy (non-hydrogen) atoms. The van der Waals surface area contributed by atoms with Crippen LogP contribution in [0.15, 0.2) is 35.4 Å². The van der Waals surface area contributed by atoms with Gasteiger partial charge in [0, 0.05) is 18.0 Å². The quantitative estimate of drug-likeness (QED) is 0.815. The highest BCUT2D eigenvalue weighted by Crippen LogP contribution is 2.25. The maximum absolute atomic E-state index is 11.5. The zero-order chi connectivity index (χ0) is 13.8. The predicted molar refractivity (Wildman–Crippen MR) is 72.9 cm³/mol. The molecule has 3 N–H and O–H groups in total. The number of nitrogens with zero attached hydrogens (tertiary/aromatic N) is 1. The van der Waals surface area contributed by atoms with E-state index in [0.29, 0.717) is 0 Å². The normalized spacial score (nSPS) is 10.6. The summed E-state index contributed by atoms with van der Waals surface area (Å²) in [6.45, 7) is 4.00. The number of hydrogen-bond acceptors (Lipinski definition) is 4. The average Bonchev–Trinajstić information content (AvgIpc) is 2.84. The Morgan fingerprint density at radius 2 is 1.89 bits per heavy atom. The first-order valence-corrected chi connectivity index (χ1v) is 7.47. The molecule has 2 aromatic rings. The van der Waals surface area contributed by atoms with Crippen LogP contribution in [0.1, 0.15) is 13.8 Å². The van der Waals surface area contributed by atoms with E-state index in [-0.39, 0.29) is 10.6 Å². The Labute approximate surface area is 107 Å². The van der Waals surface area contributed by atoms with Crippen LogP contribution in [0.4, 0.5) is 5.69 Å². The second kappa shape index (κ2) is 5.68. The van der Waals surface area contributed by atoms with Gasteiger partial charge in [-0.3, -0.25) is 5.10 Å². The number of aromatic amines is 1. The van der Waals surface area contributed by atoms with Crippen molar-refractivity contribution in [1.82, 2.24) is 10.2 Å². The zero-order valence-corrected chi connectivity index (χ0v) is 11.5. The summed E-state index contributed by atoms with van der Waals surface area (Å²) in [4.78, 5) is 0.139. The van der Waals surface area contributed by atoms with E-state index < -0.39 is 9.84 Å². The third kappa shape index (κ3) is 3.10. The molecule has 0 spiro atoms. The number of hydrogen-bond donors (Lipinski definition) is 2. The number of nitrogens with two attached hydrogens (primary N) is 1. The molecule has 6 heteroatoms. The Morgan fingerprint density at radius 3 is 2.39 bits per heavy atom. The lowest BCUT2D eigenvalue weighted by molar-refractivity contribution is 0.602. The van der Waals surface area contributed by atoms with Gasteiger partial charge in [0.1, 0.15) is 0 Å². The lowest BCUT2D eigenvalue weighted by Gasteiger charge is -2.05. The summed E-state index contributed by atoms with van der Waals surface area (Å²) in [5.74, 6) is 0. The van der Waals surface area contributed by atoms with E-state index in [0.717, 1.165) is 17.5 Å². The molecule has 1 aromatic carbocycles. The van der Waals surface area contributed by atoms with Crippen molar-refractivity contribution in [2.45, 2.75) is 18.7 Å². The van der Waals surface area contributed by atoms with Gasteiger partial charge in [-0.25, -0.2) is 8.42 Å². The number of anilines is 1. The van der Waals surface area contributed by atoms with Gasteiger partial charge in [0.2, 0.25) is 0 Å². The molecule has 5 nitrogen and oxygen atoms in total. The SMILES string of the molecule is CC.CS(=O)(=O)c1cc(-c2ccn[nH]2)ccc1N. The first-order valence-electron chi connectivity index (χ1n) is 5.58. The maximum atomic E-state index is 11.5. The molecule has 0 aliphatic heterocycles. The first-order chi connectivity index (χ1) is 8.48.